The average molecular weight is 215 g/mol. The van der Waals surface area contributed by atoms with Gasteiger partial charge in [0, 0.05) is 17.4 Å². The minimum Gasteiger partial charge on any atom is -0.466 e. The van der Waals surface area contributed by atoms with E-state index in [4.69, 9.17) is 16.3 Å². The van der Waals surface area contributed by atoms with E-state index >= 15 is 0 Å². The summed E-state index contributed by atoms with van der Waals surface area (Å²) in [5.74, 6) is 0.288. The number of carbonyl (C=O) groups excluding carboxylic acids is 1. The average Bonchev–Trinajstić information content (AvgIpc) is 2.59. The quantitative estimate of drug-likeness (QED) is 0.410. The number of esters is 1. The highest BCUT2D eigenvalue weighted by Gasteiger charge is 2.30. The first-order chi connectivity index (χ1) is 6.61. The number of ether oxygens (including phenoxy) is 1. The van der Waals surface area contributed by atoms with Gasteiger partial charge in [0.15, 0.2) is 0 Å². The van der Waals surface area contributed by atoms with Gasteiger partial charge in [-0.2, -0.15) is 0 Å². The molecule has 0 bridgehead atoms. The van der Waals surface area contributed by atoms with Crippen molar-refractivity contribution in [3.05, 3.63) is 23.3 Å². The molecule has 1 aliphatic rings. The Hall–Kier alpha value is -0.760. The highest BCUT2D eigenvalue weighted by atomic mass is 35.5. The van der Waals surface area contributed by atoms with Crippen molar-refractivity contribution in [3.8, 4) is 0 Å². The third-order valence-corrected chi connectivity index (χ3v) is 2.95. The lowest BCUT2D eigenvalue weighted by Crippen LogP contribution is -2.13. The van der Waals surface area contributed by atoms with Crippen molar-refractivity contribution >= 4 is 17.6 Å². The Labute approximate surface area is 89.6 Å². The summed E-state index contributed by atoms with van der Waals surface area (Å²) < 4.78 is 4.75. The Morgan fingerprint density at radius 1 is 1.71 bits per heavy atom. The number of hydrogen-bond donors (Lipinski definition) is 0. The van der Waals surface area contributed by atoms with Crippen molar-refractivity contribution in [2.24, 2.45) is 5.92 Å². The molecular weight excluding hydrogens is 200 g/mol. The molecule has 2 nitrogen and oxygen atoms in total. The highest BCUT2D eigenvalue weighted by molar-refractivity contribution is 6.20. The van der Waals surface area contributed by atoms with Crippen molar-refractivity contribution in [1.82, 2.24) is 0 Å². The summed E-state index contributed by atoms with van der Waals surface area (Å²) in [5, 5.41) is 0. The number of alkyl halides is 1. The van der Waals surface area contributed by atoms with Gasteiger partial charge in [-0.25, -0.2) is 4.79 Å². The minimum absolute atomic E-state index is 0.135. The second kappa shape index (κ2) is 4.65. The van der Waals surface area contributed by atoms with Crippen LogP contribution in [0.15, 0.2) is 23.3 Å². The molecule has 0 unspecified atom stereocenters. The Balaban J connectivity index is 3.00. The van der Waals surface area contributed by atoms with Crippen LogP contribution in [-0.4, -0.2) is 19.0 Å². The molecule has 1 aliphatic carbocycles. The van der Waals surface area contributed by atoms with E-state index in [2.05, 4.69) is 6.58 Å². The predicted octanol–water partition coefficient (Wildman–Crippen LogP) is 2.68. The molecule has 0 radical (unpaired) electrons. The van der Waals surface area contributed by atoms with Crippen molar-refractivity contribution in [2.45, 2.75) is 19.8 Å². The van der Waals surface area contributed by atoms with Crippen molar-refractivity contribution < 1.29 is 9.53 Å². The molecular formula is C11H15ClO2. The molecule has 1 rings (SSSR count). The van der Waals surface area contributed by atoms with Crippen LogP contribution in [0.4, 0.5) is 0 Å². The molecule has 0 aromatic carbocycles. The molecule has 1 atom stereocenters. The summed E-state index contributed by atoms with van der Waals surface area (Å²) in [5.41, 5.74) is 2.74. The molecule has 0 saturated heterocycles. The Morgan fingerprint density at radius 2 is 2.36 bits per heavy atom. The van der Waals surface area contributed by atoms with Crippen LogP contribution in [0.1, 0.15) is 19.8 Å². The lowest BCUT2D eigenvalue weighted by atomic mass is 9.94. The molecule has 0 N–H and O–H groups in total. The van der Waals surface area contributed by atoms with Crippen molar-refractivity contribution in [3.63, 3.8) is 0 Å². The summed E-state index contributed by atoms with van der Waals surface area (Å²) in [7, 11) is 1.40. The largest absolute Gasteiger partial charge is 0.466 e. The molecule has 0 aromatic heterocycles. The van der Waals surface area contributed by atoms with E-state index in [9.17, 15) is 4.79 Å². The maximum absolute atomic E-state index is 11.5. The van der Waals surface area contributed by atoms with Gasteiger partial charge in [0.25, 0.3) is 0 Å². The van der Waals surface area contributed by atoms with E-state index in [0.29, 0.717) is 5.88 Å². The van der Waals surface area contributed by atoms with E-state index in [1.54, 1.807) is 0 Å². The maximum atomic E-state index is 11.5. The molecule has 78 valence electrons. The van der Waals surface area contributed by atoms with Gasteiger partial charge in [-0.3, -0.25) is 0 Å². The van der Waals surface area contributed by atoms with Gasteiger partial charge in [-0.05, 0) is 25.3 Å². The fourth-order valence-corrected chi connectivity index (χ4v) is 2.15. The first-order valence-corrected chi connectivity index (χ1v) is 5.16. The van der Waals surface area contributed by atoms with Crippen LogP contribution in [-0.2, 0) is 9.53 Å². The van der Waals surface area contributed by atoms with Crippen LogP contribution >= 0.6 is 11.6 Å². The van der Waals surface area contributed by atoms with E-state index in [0.717, 1.165) is 29.6 Å². The molecule has 0 amide bonds. The Morgan fingerprint density at radius 3 is 2.79 bits per heavy atom. The molecule has 0 heterocycles. The number of halogens is 1. The number of hydrogen-bond acceptors (Lipinski definition) is 2. The third kappa shape index (κ3) is 2.01. The van der Waals surface area contributed by atoms with Crippen LogP contribution in [0.3, 0.4) is 0 Å². The zero-order chi connectivity index (χ0) is 10.7. The van der Waals surface area contributed by atoms with E-state index in [1.165, 1.54) is 7.11 Å². The van der Waals surface area contributed by atoms with Crippen LogP contribution in [0.25, 0.3) is 0 Å². The van der Waals surface area contributed by atoms with Crippen molar-refractivity contribution in [1.29, 1.82) is 0 Å². The third-order valence-electron chi connectivity index (χ3n) is 2.63. The number of rotatable bonds is 3. The van der Waals surface area contributed by atoms with Crippen molar-refractivity contribution in [2.75, 3.05) is 13.0 Å². The van der Waals surface area contributed by atoms with E-state index < -0.39 is 0 Å². The van der Waals surface area contributed by atoms with E-state index in [-0.39, 0.29) is 11.9 Å². The first kappa shape index (κ1) is 11.3. The molecule has 0 fully saturated rings. The van der Waals surface area contributed by atoms with Gasteiger partial charge >= 0.3 is 5.97 Å². The standard InChI is InChI=1S/C11H15ClO2/c1-7(2)9-5-4-8(6-12)10(9)11(13)14-3/h9H,1,4-6H2,2-3H3/t9-/m1/s1. The van der Waals surface area contributed by atoms with Gasteiger partial charge in [0.2, 0.25) is 0 Å². The van der Waals surface area contributed by atoms with Gasteiger partial charge in [-0.15, -0.1) is 11.6 Å². The van der Waals surface area contributed by atoms with Gasteiger partial charge in [-0.1, -0.05) is 12.2 Å². The lowest BCUT2D eigenvalue weighted by Gasteiger charge is -2.13. The molecule has 0 aliphatic heterocycles. The lowest BCUT2D eigenvalue weighted by molar-refractivity contribution is -0.136. The van der Waals surface area contributed by atoms with Gasteiger partial charge < -0.3 is 4.74 Å². The summed E-state index contributed by atoms with van der Waals surface area (Å²) in [6.07, 6.45) is 1.81. The summed E-state index contributed by atoms with van der Waals surface area (Å²) in [6.45, 7) is 5.82. The topological polar surface area (TPSA) is 26.3 Å². The second-order valence-electron chi connectivity index (χ2n) is 3.58. The fourth-order valence-electron chi connectivity index (χ4n) is 1.87. The van der Waals surface area contributed by atoms with E-state index in [1.807, 2.05) is 6.92 Å². The van der Waals surface area contributed by atoms with Crippen LogP contribution in [0, 0.1) is 5.92 Å². The smallest absolute Gasteiger partial charge is 0.334 e. The monoisotopic (exact) mass is 214 g/mol. The van der Waals surface area contributed by atoms with Gasteiger partial charge in [0.05, 0.1) is 7.11 Å². The number of methoxy groups -OCH3 is 1. The SMILES string of the molecule is C=C(C)[C@H]1CCC(CCl)=C1C(=O)OC. The Kier molecular flexibility index (Phi) is 3.76. The number of carbonyl (C=O) groups is 1. The number of allylic oxidation sites excluding steroid dienone is 2. The van der Waals surface area contributed by atoms with Crippen LogP contribution < -0.4 is 0 Å². The second-order valence-corrected chi connectivity index (χ2v) is 3.85. The molecule has 3 heteroatoms. The van der Waals surface area contributed by atoms with Crippen LogP contribution in [0.2, 0.25) is 0 Å². The van der Waals surface area contributed by atoms with Crippen LogP contribution in [0.5, 0.6) is 0 Å². The summed E-state index contributed by atoms with van der Waals surface area (Å²) in [6, 6.07) is 0. The molecule has 0 aromatic rings. The predicted molar refractivity (Wildman–Crippen MR) is 57.3 cm³/mol. The molecule has 0 saturated carbocycles. The highest BCUT2D eigenvalue weighted by Crippen LogP contribution is 2.37. The maximum Gasteiger partial charge on any atom is 0.334 e. The first-order valence-electron chi connectivity index (χ1n) is 4.63. The van der Waals surface area contributed by atoms with Gasteiger partial charge in [0.1, 0.15) is 0 Å². The summed E-state index contributed by atoms with van der Waals surface area (Å²) in [4.78, 5) is 11.5. The zero-order valence-corrected chi connectivity index (χ0v) is 9.36. The summed E-state index contributed by atoms with van der Waals surface area (Å²) >= 11 is 5.78. The minimum atomic E-state index is -0.258. The molecule has 14 heavy (non-hydrogen) atoms. The fraction of sp³-hybridized carbons (Fsp3) is 0.545. The Bertz CT molecular complexity index is 292. The molecule has 0 spiro atoms. The zero-order valence-electron chi connectivity index (χ0n) is 8.60. The normalized spacial score (nSPS) is 21.2.